The molecule has 1 amide bonds. The van der Waals surface area contributed by atoms with Gasteiger partial charge < -0.3 is 10.6 Å². The van der Waals surface area contributed by atoms with Crippen LogP contribution in [0.15, 0.2) is 0 Å². The standard InChI is InChI=1S/C18H38N2O/c1-5-6-7-8-9-10-11-12-13-14-17(21)20(4)16-18(2,3)15-19/h5-16,19H2,1-4H3. The fraction of sp³-hybridized carbons (Fsp3) is 0.944. The van der Waals surface area contributed by atoms with Crippen LogP contribution in [-0.4, -0.2) is 30.9 Å². The van der Waals surface area contributed by atoms with Gasteiger partial charge in [0.15, 0.2) is 0 Å². The number of hydrogen-bond donors (Lipinski definition) is 1. The molecule has 0 heterocycles. The van der Waals surface area contributed by atoms with Crippen molar-refractivity contribution < 1.29 is 4.79 Å². The first kappa shape index (κ1) is 20.4. The van der Waals surface area contributed by atoms with E-state index in [1.54, 1.807) is 0 Å². The van der Waals surface area contributed by atoms with Crippen LogP contribution in [0.5, 0.6) is 0 Å². The fourth-order valence-corrected chi connectivity index (χ4v) is 2.57. The van der Waals surface area contributed by atoms with Crippen molar-refractivity contribution in [2.24, 2.45) is 11.1 Å². The summed E-state index contributed by atoms with van der Waals surface area (Å²) in [5.41, 5.74) is 5.73. The number of unbranched alkanes of at least 4 members (excludes halogenated alkanes) is 8. The van der Waals surface area contributed by atoms with Crippen LogP contribution in [0.2, 0.25) is 0 Å². The molecule has 21 heavy (non-hydrogen) atoms. The van der Waals surface area contributed by atoms with Gasteiger partial charge in [-0.05, 0) is 18.4 Å². The third-order valence-electron chi connectivity index (χ3n) is 4.14. The van der Waals surface area contributed by atoms with E-state index in [-0.39, 0.29) is 11.3 Å². The van der Waals surface area contributed by atoms with Crippen molar-refractivity contribution in [2.75, 3.05) is 20.1 Å². The van der Waals surface area contributed by atoms with Crippen LogP contribution < -0.4 is 5.73 Å². The van der Waals surface area contributed by atoms with Crippen molar-refractivity contribution >= 4 is 5.91 Å². The Balaban J connectivity index is 3.53. The van der Waals surface area contributed by atoms with Gasteiger partial charge in [-0.1, -0.05) is 72.1 Å². The van der Waals surface area contributed by atoms with E-state index in [0.29, 0.717) is 13.0 Å². The highest BCUT2D eigenvalue weighted by Gasteiger charge is 2.20. The highest BCUT2D eigenvalue weighted by Crippen LogP contribution is 2.15. The van der Waals surface area contributed by atoms with E-state index in [1.807, 2.05) is 11.9 Å². The number of rotatable bonds is 13. The highest BCUT2D eigenvalue weighted by molar-refractivity contribution is 5.75. The molecule has 0 aliphatic heterocycles. The number of nitrogens with zero attached hydrogens (tertiary/aromatic N) is 1. The van der Waals surface area contributed by atoms with Gasteiger partial charge in [-0.15, -0.1) is 0 Å². The molecule has 0 fully saturated rings. The fourth-order valence-electron chi connectivity index (χ4n) is 2.57. The molecule has 3 nitrogen and oxygen atoms in total. The molecule has 2 N–H and O–H groups in total. The Morgan fingerprint density at radius 1 is 0.952 bits per heavy atom. The van der Waals surface area contributed by atoms with E-state index in [1.165, 1.54) is 51.4 Å². The third kappa shape index (κ3) is 11.7. The van der Waals surface area contributed by atoms with Gasteiger partial charge in [0.2, 0.25) is 5.91 Å². The van der Waals surface area contributed by atoms with E-state index in [2.05, 4.69) is 20.8 Å². The average molecular weight is 299 g/mol. The predicted molar refractivity (Wildman–Crippen MR) is 92.3 cm³/mol. The molecule has 0 aliphatic carbocycles. The maximum Gasteiger partial charge on any atom is 0.222 e. The summed E-state index contributed by atoms with van der Waals surface area (Å²) in [4.78, 5) is 13.9. The van der Waals surface area contributed by atoms with Crippen LogP contribution in [0, 0.1) is 5.41 Å². The van der Waals surface area contributed by atoms with Gasteiger partial charge in [0.1, 0.15) is 0 Å². The molecule has 0 unspecified atom stereocenters. The lowest BCUT2D eigenvalue weighted by Gasteiger charge is -2.29. The monoisotopic (exact) mass is 298 g/mol. The summed E-state index contributed by atoms with van der Waals surface area (Å²) >= 11 is 0. The maximum atomic E-state index is 12.0. The van der Waals surface area contributed by atoms with Crippen LogP contribution >= 0.6 is 0 Å². The predicted octanol–water partition coefficient (Wildman–Crippen LogP) is 4.35. The molecule has 0 radical (unpaired) electrons. The number of carbonyl (C=O) groups is 1. The second kappa shape index (κ2) is 12.0. The van der Waals surface area contributed by atoms with Crippen molar-refractivity contribution in [1.29, 1.82) is 0 Å². The molecule has 0 spiro atoms. The molecule has 0 bridgehead atoms. The molecule has 0 aromatic carbocycles. The Morgan fingerprint density at radius 3 is 1.90 bits per heavy atom. The Kier molecular flexibility index (Phi) is 11.7. The van der Waals surface area contributed by atoms with Gasteiger partial charge in [-0.2, -0.15) is 0 Å². The van der Waals surface area contributed by atoms with Crippen molar-refractivity contribution in [3.8, 4) is 0 Å². The smallest absolute Gasteiger partial charge is 0.222 e. The van der Waals surface area contributed by atoms with E-state index in [4.69, 9.17) is 5.73 Å². The minimum Gasteiger partial charge on any atom is -0.345 e. The summed E-state index contributed by atoms with van der Waals surface area (Å²) in [5, 5.41) is 0. The Bertz CT molecular complexity index is 264. The van der Waals surface area contributed by atoms with Gasteiger partial charge >= 0.3 is 0 Å². The van der Waals surface area contributed by atoms with E-state index >= 15 is 0 Å². The van der Waals surface area contributed by atoms with Gasteiger partial charge in [0.25, 0.3) is 0 Å². The second-order valence-electron chi connectivity index (χ2n) is 7.20. The van der Waals surface area contributed by atoms with Crippen LogP contribution in [-0.2, 0) is 4.79 Å². The van der Waals surface area contributed by atoms with Crippen LogP contribution in [0.1, 0.15) is 85.0 Å². The zero-order chi connectivity index (χ0) is 16.1. The first-order chi connectivity index (χ1) is 9.93. The lowest BCUT2D eigenvalue weighted by Crippen LogP contribution is -2.39. The molecule has 0 saturated heterocycles. The number of nitrogens with two attached hydrogens (primary N) is 1. The van der Waals surface area contributed by atoms with Gasteiger partial charge in [0, 0.05) is 20.0 Å². The molecule has 0 aromatic rings. The highest BCUT2D eigenvalue weighted by atomic mass is 16.2. The largest absolute Gasteiger partial charge is 0.345 e. The Morgan fingerprint density at radius 2 is 1.43 bits per heavy atom. The van der Waals surface area contributed by atoms with E-state index in [9.17, 15) is 4.79 Å². The lowest BCUT2D eigenvalue weighted by molar-refractivity contribution is -0.131. The summed E-state index contributed by atoms with van der Waals surface area (Å²) in [7, 11) is 1.90. The van der Waals surface area contributed by atoms with Gasteiger partial charge in [-0.3, -0.25) is 4.79 Å². The second-order valence-corrected chi connectivity index (χ2v) is 7.20. The lowest BCUT2D eigenvalue weighted by atomic mass is 9.93. The molecule has 0 rings (SSSR count). The topological polar surface area (TPSA) is 46.3 Å². The van der Waals surface area contributed by atoms with E-state index < -0.39 is 0 Å². The molecule has 3 heteroatoms. The molecule has 0 aliphatic rings. The van der Waals surface area contributed by atoms with Gasteiger partial charge in [-0.25, -0.2) is 0 Å². The Hall–Kier alpha value is -0.570. The number of carbonyl (C=O) groups excluding carboxylic acids is 1. The molecule has 0 aromatic heterocycles. The number of hydrogen-bond acceptors (Lipinski definition) is 2. The van der Waals surface area contributed by atoms with Gasteiger partial charge in [0.05, 0.1) is 0 Å². The SMILES string of the molecule is CCCCCCCCCCCC(=O)N(C)CC(C)(C)CN. The van der Waals surface area contributed by atoms with Crippen LogP contribution in [0.25, 0.3) is 0 Å². The maximum absolute atomic E-state index is 12.0. The summed E-state index contributed by atoms with van der Waals surface area (Å²) in [5.74, 6) is 0.263. The molecule has 0 saturated carbocycles. The van der Waals surface area contributed by atoms with Crippen molar-refractivity contribution in [3.05, 3.63) is 0 Å². The average Bonchev–Trinajstić information content (AvgIpc) is 2.44. The first-order valence-corrected chi connectivity index (χ1v) is 8.87. The van der Waals surface area contributed by atoms with E-state index in [0.717, 1.165) is 13.0 Å². The zero-order valence-corrected chi connectivity index (χ0v) is 14.9. The quantitative estimate of drug-likeness (QED) is 0.514. The summed E-state index contributed by atoms with van der Waals surface area (Å²) in [6.45, 7) is 7.83. The van der Waals surface area contributed by atoms with Crippen molar-refractivity contribution in [3.63, 3.8) is 0 Å². The summed E-state index contributed by atoms with van der Waals surface area (Å²) in [6.07, 6.45) is 12.3. The van der Waals surface area contributed by atoms with Crippen molar-refractivity contribution in [1.82, 2.24) is 4.90 Å². The summed E-state index contributed by atoms with van der Waals surface area (Å²) in [6, 6.07) is 0. The molecular formula is C18H38N2O. The first-order valence-electron chi connectivity index (χ1n) is 8.87. The van der Waals surface area contributed by atoms with Crippen molar-refractivity contribution in [2.45, 2.75) is 85.0 Å². The minimum absolute atomic E-state index is 0.0168. The molecular weight excluding hydrogens is 260 g/mol. The number of amides is 1. The minimum atomic E-state index is 0.0168. The Labute approximate surface area is 132 Å². The van der Waals surface area contributed by atoms with Crippen LogP contribution in [0.4, 0.5) is 0 Å². The van der Waals surface area contributed by atoms with Crippen LogP contribution in [0.3, 0.4) is 0 Å². The summed E-state index contributed by atoms with van der Waals surface area (Å²) < 4.78 is 0. The normalized spacial score (nSPS) is 11.7. The third-order valence-corrected chi connectivity index (χ3v) is 4.14. The molecule has 0 atom stereocenters. The molecule has 126 valence electrons. The zero-order valence-electron chi connectivity index (χ0n) is 14.9.